The number of likely N-dealkylation sites (N-methyl/N-ethyl adjacent to an activating group) is 1. The van der Waals surface area contributed by atoms with E-state index in [0.29, 0.717) is 24.7 Å². The molecule has 5 heterocycles. The number of carbonyl (C=O) groups is 2. The first kappa shape index (κ1) is 26.5. The molecule has 3 aliphatic heterocycles. The lowest BCUT2D eigenvalue weighted by Crippen LogP contribution is -2.55. The third-order valence-corrected chi connectivity index (χ3v) is 9.42. The molecule has 2 amide bonds. The van der Waals surface area contributed by atoms with Crippen molar-refractivity contribution in [2.24, 2.45) is 5.92 Å². The van der Waals surface area contributed by atoms with E-state index in [1.807, 2.05) is 44.8 Å². The number of imidazole rings is 1. The standard InChI is InChI=1S/C27H35ClN8O2S/c1-31-10-14-33(15-11-31)24(37)19-32-12-16-34(17-13-32)25(38)21-6-8-35(9-7-21)27-30-36-18-23(29-26(36)39-27)20-2-4-22(28)5-3-20/h2-5,18,21H,6-17,19H2,1H3. The summed E-state index contributed by atoms with van der Waals surface area (Å²) < 4.78 is 1.84. The van der Waals surface area contributed by atoms with Gasteiger partial charge in [0, 0.05) is 82.0 Å². The Morgan fingerprint density at radius 1 is 0.923 bits per heavy atom. The Balaban J connectivity index is 0.968. The molecule has 12 heteroatoms. The van der Waals surface area contributed by atoms with Gasteiger partial charge in [0.1, 0.15) is 0 Å². The minimum Gasteiger partial charge on any atom is -0.347 e. The zero-order valence-corrected chi connectivity index (χ0v) is 23.9. The van der Waals surface area contributed by atoms with Gasteiger partial charge in [-0.05, 0) is 32.0 Å². The molecule has 0 atom stereocenters. The van der Waals surface area contributed by atoms with E-state index >= 15 is 0 Å². The number of fused-ring (bicyclic) bond motifs is 1. The van der Waals surface area contributed by atoms with E-state index in [-0.39, 0.29) is 17.7 Å². The zero-order valence-electron chi connectivity index (χ0n) is 22.3. The maximum atomic E-state index is 13.3. The van der Waals surface area contributed by atoms with Crippen molar-refractivity contribution in [2.75, 3.05) is 83.9 Å². The summed E-state index contributed by atoms with van der Waals surface area (Å²) in [6.07, 6.45) is 3.62. The number of piperazine rings is 2. The van der Waals surface area contributed by atoms with E-state index in [4.69, 9.17) is 21.7 Å². The highest BCUT2D eigenvalue weighted by molar-refractivity contribution is 7.20. The molecule has 0 aliphatic carbocycles. The third kappa shape index (κ3) is 5.91. The van der Waals surface area contributed by atoms with Crippen molar-refractivity contribution in [1.29, 1.82) is 0 Å². The molecule has 1 aromatic carbocycles. The van der Waals surface area contributed by atoms with Crippen LogP contribution in [0.3, 0.4) is 0 Å². The number of anilines is 1. The van der Waals surface area contributed by atoms with Gasteiger partial charge in [-0.2, -0.15) is 0 Å². The van der Waals surface area contributed by atoms with Crippen LogP contribution in [0.1, 0.15) is 12.8 Å². The number of benzene rings is 1. The number of rotatable bonds is 5. The quantitative estimate of drug-likeness (QED) is 0.465. The van der Waals surface area contributed by atoms with Gasteiger partial charge in [-0.1, -0.05) is 35.1 Å². The molecule has 0 saturated carbocycles. The number of piperidine rings is 1. The van der Waals surface area contributed by atoms with E-state index in [9.17, 15) is 9.59 Å². The monoisotopic (exact) mass is 570 g/mol. The van der Waals surface area contributed by atoms with Gasteiger partial charge in [-0.25, -0.2) is 9.50 Å². The number of aromatic nitrogens is 3. The van der Waals surface area contributed by atoms with E-state index in [2.05, 4.69) is 21.7 Å². The molecule has 3 aromatic rings. The second kappa shape index (κ2) is 11.4. The van der Waals surface area contributed by atoms with E-state index < -0.39 is 0 Å². The Bertz CT molecular complexity index is 1270. The van der Waals surface area contributed by atoms with Crippen LogP contribution in [0.4, 0.5) is 5.13 Å². The van der Waals surface area contributed by atoms with Gasteiger partial charge in [0.05, 0.1) is 18.4 Å². The molecule has 0 spiro atoms. The lowest BCUT2D eigenvalue weighted by Gasteiger charge is -2.39. The molecule has 0 N–H and O–H groups in total. The predicted octanol–water partition coefficient (Wildman–Crippen LogP) is 2.25. The average Bonchev–Trinajstić information content (AvgIpc) is 3.54. The zero-order chi connectivity index (χ0) is 26.9. The summed E-state index contributed by atoms with van der Waals surface area (Å²) in [5, 5.41) is 6.42. The van der Waals surface area contributed by atoms with Gasteiger partial charge in [0.15, 0.2) is 0 Å². The fourth-order valence-electron chi connectivity index (χ4n) is 5.63. The van der Waals surface area contributed by atoms with Gasteiger partial charge in [-0.3, -0.25) is 14.5 Å². The number of amides is 2. The largest absolute Gasteiger partial charge is 0.347 e. The number of hydrogen-bond donors (Lipinski definition) is 0. The van der Waals surface area contributed by atoms with Crippen molar-refractivity contribution in [3.05, 3.63) is 35.5 Å². The van der Waals surface area contributed by atoms with E-state index in [1.165, 1.54) is 0 Å². The molecule has 39 heavy (non-hydrogen) atoms. The summed E-state index contributed by atoms with van der Waals surface area (Å²) in [5.41, 5.74) is 1.89. The third-order valence-electron chi connectivity index (χ3n) is 8.19. The van der Waals surface area contributed by atoms with E-state index in [1.54, 1.807) is 11.3 Å². The smallest absolute Gasteiger partial charge is 0.236 e. The summed E-state index contributed by atoms with van der Waals surface area (Å²) >= 11 is 7.59. The van der Waals surface area contributed by atoms with Gasteiger partial charge >= 0.3 is 0 Å². The topological polar surface area (TPSA) is 80.5 Å². The first-order valence-electron chi connectivity index (χ1n) is 13.8. The number of nitrogens with zero attached hydrogens (tertiary/aromatic N) is 8. The molecule has 208 valence electrons. The summed E-state index contributed by atoms with van der Waals surface area (Å²) in [6, 6.07) is 7.66. The van der Waals surface area contributed by atoms with Crippen LogP contribution in [0.5, 0.6) is 0 Å². The summed E-state index contributed by atoms with van der Waals surface area (Å²) in [7, 11) is 2.10. The SMILES string of the molecule is CN1CCN(C(=O)CN2CCN(C(=O)C3CCN(c4nn5cc(-c6ccc(Cl)cc6)nc5s4)CC3)CC2)CC1. The second-order valence-corrected chi connectivity index (χ2v) is 12.2. The van der Waals surface area contributed by atoms with Crippen molar-refractivity contribution in [3.8, 4) is 11.3 Å². The molecule has 0 radical (unpaired) electrons. The molecule has 3 saturated heterocycles. The lowest BCUT2D eigenvalue weighted by molar-refractivity contribution is -0.139. The predicted molar refractivity (Wildman–Crippen MR) is 153 cm³/mol. The van der Waals surface area contributed by atoms with Crippen LogP contribution in [0.15, 0.2) is 30.5 Å². The Kier molecular flexibility index (Phi) is 7.75. The minimum absolute atomic E-state index is 0.0559. The number of carbonyl (C=O) groups excluding carboxylic acids is 2. The van der Waals surface area contributed by atoms with Crippen LogP contribution in [0.2, 0.25) is 5.02 Å². The average molecular weight is 571 g/mol. The molecular weight excluding hydrogens is 536 g/mol. The van der Waals surface area contributed by atoms with Crippen LogP contribution in [-0.4, -0.2) is 125 Å². The van der Waals surface area contributed by atoms with Crippen LogP contribution in [0.25, 0.3) is 16.2 Å². The van der Waals surface area contributed by atoms with Crippen LogP contribution >= 0.6 is 22.9 Å². The normalized spacial score (nSPS) is 20.2. The molecule has 2 aromatic heterocycles. The molecule has 3 fully saturated rings. The Morgan fingerprint density at radius 3 is 2.26 bits per heavy atom. The number of hydrogen-bond acceptors (Lipinski definition) is 8. The van der Waals surface area contributed by atoms with Gasteiger partial charge < -0.3 is 19.6 Å². The van der Waals surface area contributed by atoms with Crippen molar-refractivity contribution in [2.45, 2.75) is 12.8 Å². The second-order valence-electron chi connectivity index (χ2n) is 10.8. The van der Waals surface area contributed by atoms with Gasteiger partial charge in [0.25, 0.3) is 0 Å². The maximum absolute atomic E-state index is 13.3. The minimum atomic E-state index is 0.0559. The lowest BCUT2D eigenvalue weighted by atomic mass is 9.95. The fourth-order valence-corrected chi connectivity index (χ4v) is 6.69. The molecular formula is C27H35ClN8O2S. The van der Waals surface area contributed by atoms with Crippen molar-refractivity contribution < 1.29 is 9.59 Å². The molecule has 3 aliphatic rings. The molecule has 6 rings (SSSR count). The highest BCUT2D eigenvalue weighted by Gasteiger charge is 2.32. The summed E-state index contributed by atoms with van der Waals surface area (Å²) in [6.45, 7) is 8.53. The maximum Gasteiger partial charge on any atom is 0.236 e. The van der Waals surface area contributed by atoms with Crippen molar-refractivity contribution >= 4 is 44.8 Å². The fraction of sp³-hybridized carbons (Fsp3) is 0.556. The molecule has 0 bridgehead atoms. The Labute approximate surface area is 237 Å². The first-order chi connectivity index (χ1) is 18.9. The highest BCUT2D eigenvalue weighted by atomic mass is 35.5. The Morgan fingerprint density at radius 2 is 1.59 bits per heavy atom. The molecule has 0 unspecified atom stereocenters. The van der Waals surface area contributed by atoms with Crippen LogP contribution < -0.4 is 4.90 Å². The van der Waals surface area contributed by atoms with Crippen molar-refractivity contribution in [1.82, 2.24) is 34.2 Å². The van der Waals surface area contributed by atoms with Gasteiger partial charge in [0.2, 0.25) is 21.9 Å². The van der Waals surface area contributed by atoms with Crippen molar-refractivity contribution in [3.63, 3.8) is 0 Å². The van der Waals surface area contributed by atoms with Crippen LogP contribution in [0, 0.1) is 5.92 Å². The Hall–Kier alpha value is -2.73. The highest BCUT2D eigenvalue weighted by Crippen LogP contribution is 2.30. The summed E-state index contributed by atoms with van der Waals surface area (Å²) in [5.74, 6) is 0.535. The number of halogens is 1. The molecule has 10 nitrogen and oxygen atoms in total. The summed E-state index contributed by atoms with van der Waals surface area (Å²) in [4.78, 5) is 42.3. The van der Waals surface area contributed by atoms with Crippen LogP contribution in [-0.2, 0) is 9.59 Å². The van der Waals surface area contributed by atoms with E-state index in [0.717, 1.165) is 86.5 Å². The van der Waals surface area contributed by atoms with Gasteiger partial charge in [-0.15, -0.1) is 5.10 Å². The first-order valence-corrected chi connectivity index (χ1v) is 15.0.